The van der Waals surface area contributed by atoms with Gasteiger partial charge in [0.15, 0.2) is 0 Å². The molecule has 0 bridgehead atoms. The number of rotatable bonds is 2. The summed E-state index contributed by atoms with van der Waals surface area (Å²) in [6, 6.07) is 0. The van der Waals surface area contributed by atoms with Crippen molar-refractivity contribution in [3.05, 3.63) is 12.2 Å². The van der Waals surface area contributed by atoms with Gasteiger partial charge in [0.25, 0.3) is 0 Å². The molecule has 3 heteroatoms. The van der Waals surface area contributed by atoms with Gasteiger partial charge in [-0.1, -0.05) is 22.0 Å². The van der Waals surface area contributed by atoms with Crippen molar-refractivity contribution in [1.29, 1.82) is 0 Å². The Hall–Kier alpha value is 0.180. The molecule has 0 heterocycles. The zero-order valence-corrected chi connectivity index (χ0v) is 6.74. The molecule has 0 amide bonds. The summed E-state index contributed by atoms with van der Waals surface area (Å²) in [5.41, 5.74) is 0. The van der Waals surface area contributed by atoms with Gasteiger partial charge in [0.2, 0.25) is 5.24 Å². The second-order valence-electron chi connectivity index (χ2n) is 1.34. The Morgan fingerprint density at radius 1 is 1.88 bits per heavy atom. The fraction of sp³-hybridized carbons (Fsp3) is 0.400. The normalized spacial score (nSPS) is 14.4. The molecule has 1 nitrogen and oxygen atoms in total. The van der Waals surface area contributed by atoms with Crippen LogP contribution in [0.15, 0.2) is 12.2 Å². The van der Waals surface area contributed by atoms with Gasteiger partial charge in [-0.3, -0.25) is 4.79 Å². The van der Waals surface area contributed by atoms with Crippen molar-refractivity contribution in [3.63, 3.8) is 0 Å². The van der Waals surface area contributed by atoms with Gasteiger partial charge in [-0.2, -0.15) is 0 Å². The van der Waals surface area contributed by atoms with E-state index < -0.39 is 5.24 Å². The van der Waals surface area contributed by atoms with Crippen LogP contribution in [0.4, 0.5) is 0 Å². The van der Waals surface area contributed by atoms with Crippen LogP contribution in [0.5, 0.6) is 0 Å². The second-order valence-corrected chi connectivity index (χ2v) is 3.16. The van der Waals surface area contributed by atoms with Gasteiger partial charge >= 0.3 is 0 Å². The summed E-state index contributed by atoms with van der Waals surface area (Å²) in [7, 11) is 0. The van der Waals surface area contributed by atoms with E-state index in [0.29, 0.717) is 0 Å². The van der Waals surface area contributed by atoms with Crippen LogP contribution in [0.1, 0.15) is 6.92 Å². The summed E-state index contributed by atoms with van der Waals surface area (Å²) in [6.07, 6.45) is 3.00. The smallest absolute Gasteiger partial charge is 0.244 e. The molecule has 0 aromatic carbocycles. The van der Waals surface area contributed by atoms with Crippen molar-refractivity contribution in [1.82, 2.24) is 0 Å². The molecule has 0 saturated heterocycles. The molecule has 0 rings (SSSR count). The second kappa shape index (κ2) is 4.10. The van der Waals surface area contributed by atoms with E-state index in [-0.39, 0.29) is 4.83 Å². The maximum absolute atomic E-state index is 10.0. The van der Waals surface area contributed by atoms with Crippen LogP contribution in [0.3, 0.4) is 0 Å². The standard InChI is InChI=1S/C5H6BrClO/c1-4(6)2-3-5(7)8/h2-4H,1H3/b3-2+. The van der Waals surface area contributed by atoms with E-state index in [4.69, 9.17) is 11.6 Å². The Morgan fingerprint density at radius 3 is 2.50 bits per heavy atom. The predicted octanol–water partition coefficient (Wildman–Crippen LogP) is 2.09. The number of carbonyl (C=O) groups excluding carboxylic acids is 1. The minimum atomic E-state index is -0.434. The van der Waals surface area contributed by atoms with Crippen molar-refractivity contribution in [3.8, 4) is 0 Å². The number of halogens is 2. The molecule has 0 aliphatic carbocycles. The summed E-state index contributed by atoms with van der Waals surface area (Å²) < 4.78 is 0. The fourth-order valence-electron chi connectivity index (χ4n) is 0.208. The molecule has 0 aromatic rings. The Kier molecular flexibility index (Phi) is 4.19. The first kappa shape index (κ1) is 8.18. The van der Waals surface area contributed by atoms with Crippen molar-refractivity contribution < 1.29 is 4.79 Å². The van der Waals surface area contributed by atoms with Crippen LogP contribution >= 0.6 is 27.5 Å². The van der Waals surface area contributed by atoms with E-state index in [1.54, 1.807) is 6.08 Å². The van der Waals surface area contributed by atoms with Gasteiger partial charge in [-0.05, 0) is 24.6 Å². The molecule has 0 fully saturated rings. The van der Waals surface area contributed by atoms with Crippen LogP contribution in [0.25, 0.3) is 0 Å². The van der Waals surface area contributed by atoms with Crippen molar-refractivity contribution in [2.24, 2.45) is 0 Å². The van der Waals surface area contributed by atoms with E-state index in [9.17, 15) is 4.79 Å². The summed E-state index contributed by atoms with van der Waals surface area (Å²) in [5.74, 6) is 0. The largest absolute Gasteiger partial charge is 0.276 e. The van der Waals surface area contributed by atoms with E-state index >= 15 is 0 Å². The third kappa shape index (κ3) is 6.18. The average Bonchev–Trinajstić information content (AvgIpc) is 1.61. The fourth-order valence-corrected chi connectivity index (χ4v) is 0.434. The van der Waals surface area contributed by atoms with E-state index in [1.165, 1.54) is 6.08 Å². The lowest BCUT2D eigenvalue weighted by atomic mass is 10.4. The maximum Gasteiger partial charge on any atom is 0.244 e. The Morgan fingerprint density at radius 2 is 2.38 bits per heavy atom. The minimum Gasteiger partial charge on any atom is -0.276 e. The minimum absolute atomic E-state index is 0.213. The topological polar surface area (TPSA) is 17.1 Å². The van der Waals surface area contributed by atoms with Gasteiger partial charge in [0.05, 0.1) is 0 Å². The third-order valence-corrected chi connectivity index (χ3v) is 0.924. The number of hydrogen-bond acceptors (Lipinski definition) is 1. The molecular formula is C5H6BrClO. The van der Waals surface area contributed by atoms with E-state index in [2.05, 4.69) is 15.9 Å². The lowest BCUT2D eigenvalue weighted by Gasteiger charge is -1.85. The van der Waals surface area contributed by atoms with Gasteiger partial charge in [0, 0.05) is 4.83 Å². The Labute approximate surface area is 61.8 Å². The lowest BCUT2D eigenvalue weighted by molar-refractivity contribution is -0.107. The van der Waals surface area contributed by atoms with E-state index in [0.717, 1.165) is 0 Å². The zero-order chi connectivity index (χ0) is 6.57. The summed E-state index contributed by atoms with van der Waals surface area (Å²) in [6.45, 7) is 1.90. The first-order valence-corrected chi connectivity index (χ1v) is 3.44. The van der Waals surface area contributed by atoms with Crippen LogP contribution in [-0.4, -0.2) is 10.1 Å². The van der Waals surface area contributed by atoms with Crippen molar-refractivity contribution in [2.75, 3.05) is 0 Å². The molecule has 0 spiro atoms. The highest BCUT2D eigenvalue weighted by Crippen LogP contribution is 1.98. The number of alkyl halides is 1. The third-order valence-electron chi connectivity index (χ3n) is 0.492. The van der Waals surface area contributed by atoms with Crippen LogP contribution in [0.2, 0.25) is 0 Å². The Balaban J connectivity index is 3.50. The summed E-state index contributed by atoms with van der Waals surface area (Å²) in [4.78, 5) is 10.2. The zero-order valence-electron chi connectivity index (χ0n) is 4.40. The molecule has 0 N–H and O–H groups in total. The van der Waals surface area contributed by atoms with Gasteiger partial charge in [0.1, 0.15) is 0 Å². The van der Waals surface area contributed by atoms with Gasteiger partial charge in [-0.15, -0.1) is 0 Å². The molecule has 0 saturated carbocycles. The molecule has 0 aliphatic rings. The Bertz CT molecular complexity index is 109. The first-order valence-electron chi connectivity index (χ1n) is 2.14. The molecular weight excluding hydrogens is 191 g/mol. The molecule has 0 aliphatic heterocycles. The molecule has 46 valence electrons. The monoisotopic (exact) mass is 196 g/mol. The summed E-state index contributed by atoms with van der Waals surface area (Å²) >= 11 is 8.18. The van der Waals surface area contributed by atoms with Gasteiger partial charge in [-0.25, -0.2) is 0 Å². The highest BCUT2D eigenvalue weighted by molar-refractivity contribution is 9.09. The van der Waals surface area contributed by atoms with Crippen molar-refractivity contribution in [2.45, 2.75) is 11.8 Å². The predicted molar refractivity (Wildman–Crippen MR) is 38.4 cm³/mol. The first-order chi connectivity index (χ1) is 3.63. The van der Waals surface area contributed by atoms with Gasteiger partial charge < -0.3 is 0 Å². The molecule has 0 aromatic heterocycles. The number of carbonyl (C=O) groups is 1. The number of hydrogen-bond donors (Lipinski definition) is 0. The maximum atomic E-state index is 10.0. The molecule has 1 atom stereocenters. The molecule has 1 unspecified atom stereocenters. The lowest BCUT2D eigenvalue weighted by Crippen LogP contribution is -1.82. The van der Waals surface area contributed by atoms with Crippen LogP contribution in [-0.2, 0) is 4.79 Å². The van der Waals surface area contributed by atoms with E-state index in [1.807, 2.05) is 6.92 Å². The SMILES string of the molecule is CC(Br)/C=C/C(=O)Cl. The van der Waals surface area contributed by atoms with Crippen LogP contribution in [0, 0.1) is 0 Å². The van der Waals surface area contributed by atoms with Crippen LogP contribution < -0.4 is 0 Å². The summed E-state index contributed by atoms with van der Waals surface area (Å²) in [5, 5.41) is -0.434. The molecule has 8 heavy (non-hydrogen) atoms. The van der Waals surface area contributed by atoms with Crippen molar-refractivity contribution >= 4 is 32.8 Å². The average molecular weight is 197 g/mol. The highest BCUT2D eigenvalue weighted by Gasteiger charge is 1.87. The highest BCUT2D eigenvalue weighted by atomic mass is 79.9. The quantitative estimate of drug-likeness (QED) is 0.376. The molecule has 0 radical (unpaired) electrons. The number of allylic oxidation sites excluding steroid dienone is 2.